The second-order valence-corrected chi connectivity index (χ2v) is 9.48. The minimum absolute atomic E-state index is 0.0150. The Morgan fingerprint density at radius 3 is 2.39 bits per heavy atom. The number of rotatable bonds is 9. The Balaban J connectivity index is 1.73. The number of likely N-dealkylation sites (tertiary alicyclic amines) is 1. The predicted molar refractivity (Wildman–Crippen MR) is 144 cm³/mol. The summed E-state index contributed by atoms with van der Waals surface area (Å²) in [4.78, 5) is 29.7. The van der Waals surface area contributed by atoms with E-state index in [1.54, 1.807) is 30.3 Å². The number of Topliss-reactive ketones (excluding diaryl/α,β-unsaturated/α-hetero) is 1. The van der Waals surface area contributed by atoms with Crippen LogP contribution in [-0.4, -0.2) is 66.0 Å². The van der Waals surface area contributed by atoms with E-state index < -0.39 is 17.7 Å². The highest BCUT2D eigenvalue weighted by atomic mass is 16.5. The van der Waals surface area contributed by atoms with Crippen LogP contribution < -0.4 is 9.47 Å². The Morgan fingerprint density at radius 1 is 1.00 bits per heavy atom. The molecule has 3 aromatic carbocycles. The summed E-state index contributed by atoms with van der Waals surface area (Å²) in [5.74, 6) is -0.938. The molecule has 1 saturated heterocycles. The van der Waals surface area contributed by atoms with Crippen LogP contribution in [0.3, 0.4) is 0 Å². The summed E-state index contributed by atoms with van der Waals surface area (Å²) in [6.07, 6.45) is 0. The zero-order chi connectivity index (χ0) is 27.4. The first-order chi connectivity index (χ1) is 18.2. The molecular weight excluding hydrogens is 484 g/mol. The lowest BCUT2D eigenvalue weighted by Gasteiger charge is -2.27. The van der Waals surface area contributed by atoms with Crippen molar-refractivity contribution in [2.75, 3.05) is 34.3 Å². The summed E-state index contributed by atoms with van der Waals surface area (Å²) < 4.78 is 11.2. The number of ether oxygens (including phenoxy) is 2. The Hall–Kier alpha value is -4.30. The van der Waals surface area contributed by atoms with E-state index >= 15 is 0 Å². The van der Waals surface area contributed by atoms with Crippen molar-refractivity contribution < 1.29 is 29.3 Å². The number of benzene rings is 3. The van der Waals surface area contributed by atoms with Crippen molar-refractivity contribution in [1.29, 1.82) is 0 Å². The van der Waals surface area contributed by atoms with Crippen molar-refractivity contribution in [2.45, 2.75) is 19.6 Å². The number of phenols is 1. The van der Waals surface area contributed by atoms with Crippen molar-refractivity contribution in [3.8, 4) is 17.2 Å². The van der Waals surface area contributed by atoms with Gasteiger partial charge in [-0.1, -0.05) is 36.4 Å². The van der Waals surface area contributed by atoms with Crippen LogP contribution in [0.15, 0.2) is 72.3 Å². The van der Waals surface area contributed by atoms with E-state index in [0.717, 1.165) is 11.1 Å². The fraction of sp³-hybridized carbons (Fsp3) is 0.267. The lowest BCUT2D eigenvalue weighted by atomic mass is 9.94. The van der Waals surface area contributed by atoms with Gasteiger partial charge in [-0.05, 0) is 68.0 Å². The molecule has 4 rings (SSSR count). The summed E-state index contributed by atoms with van der Waals surface area (Å²) in [5.41, 5.74) is 2.73. The summed E-state index contributed by atoms with van der Waals surface area (Å²) in [7, 11) is 5.17. The van der Waals surface area contributed by atoms with E-state index in [-0.39, 0.29) is 29.4 Å². The molecule has 1 aliphatic heterocycles. The summed E-state index contributed by atoms with van der Waals surface area (Å²) >= 11 is 0. The van der Waals surface area contributed by atoms with Gasteiger partial charge in [0.05, 0.1) is 18.7 Å². The highest BCUT2D eigenvalue weighted by Crippen LogP contribution is 2.42. The predicted octanol–water partition coefficient (Wildman–Crippen LogP) is 4.27. The number of aliphatic hydroxyl groups excluding tert-OH is 1. The molecule has 1 fully saturated rings. The van der Waals surface area contributed by atoms with E-state index in [2.05, 4.69) is 0 Å². The number of hydrogen-bond acceptors (Lipinski definition) is 7. The summed E-state index contributed by atoms with van der Waals surface area (Å²) in [6, 6.07) is 18.7. The van der Waals surface area contributed by atoms with Crippen LogP contribution in [0.25, 0.3) is 5.76 Å². The highest BCUT2D eigenvalue weighted by Gasteiger charge is 2.46. The molecular formula is C30H32N2O6. The van der Waals surface area contributed by atoms with Crippen molar-refractivity contribution in [3.63, 3.8) is 0 Å². The molecule has 1 heterocycles. The number of carbonyl (C=O) groups excluding carboxylic acids is 2. The van der Waals surface area contributed by atoms with Gasteiger partial charge in [-0.25, -0.2) is 0 Å². The lowest BCUT2D eigenvalue weighted by Crippen LogP contribution is -2.35. The minimum atomic E-state index is -0.848. The Labute approximate surface area is 222 Å². The van der Waals surface area contributed by atoms with Crippen LogP contribution in [0.4, 0.5) is 0 Å². The fourth-order valence-corrected chi connectivity index (χ4v) is 4.48. The molecule has 198 valence electrons. The van der Waals surface area contributed by atoms with Crippen LogP contribution in [0.2, 0.25) is 0 Å². The van der Waals surface area contributed by atoms with E-state index in [9.17, 15) is 19.8 Å². The van der Waals surface area contributed by atoms with Gasteiger partial charge in [-0.15, -0.1) is 0 Å². The number of methoxy groups -OCH3 is 1. The van der Waals surface area contributed by atoms with Crippen molar-refractivity contribution in [2.24, 2.45) is 0 Å². The topological polar surface area (TPSA) is 99.5 Å². The number of nitrogens with zero attached hydrogens (tertiary/aromatic N) is 2. The van der Waals surface area contributed by atoms with Gasteiger partial charge < -0.3 is 29.5 Å². The van der Waals surface area contributed by atoms with Crippen LogP contribution in [0.1, 0.15) is 28.3 Å². The molecule has 0 unspecified atom stereocenters. The number of ketones is 1. The van der Waals surface area contributed by atoms with Crippen LogP contribution >= 0.6 is 0 Å². The van der Waals surface area contributed by atoms with Gasteiger partial charge in [0, 0.05) is 18.7 Å². The number of aromatic hydroxyl groups is 1. The smallest absolute Gasteiger partial charge is 0.295 e. The fourth-order valence-electron chi connectivity index (χ4n) is 4.48. The molecule has 1 aliphatic rings. The van der Waals surface area contributed by atoms with Crippen molar-refractivity contribution in [3.05, 3.63) is 94.6 Å². The van der Waals surface area contributed by atoms with Crippen LogP contribution in [-0.2, 0) is 16.2 Å². The third-order valence-corrected chi connectivity index (χ3v) is 6.53. The molecule has 1 amide bonds. The number of hydrogen-bond donors (Lipinski definition) is 2. The Kier molecular flexibility index (Phi) is 8.02. The minimum Gasteiger partial charge on any atom is -0.507 e. The van der Waals surface area contributed by atoms with Crippen LogP contribution in [0.5, 0.6) is 17.2 Å². The zero-order valence-corrected chi connectivity index (χ0v) is 22.0. The third kappa shape index (κ3) is 5.50. The molecule has 2 N–H and O–H groups in total. The largest absolute Gasteiger partial charge is 0.507 e. The zero-order valence-electron chi connectivity index (χ0n) is 22.0. The van der Waals surface area contributed by atoms with E-state index in [1.807, 2.05) is 56.3 Å². The van der Waals surface area contributed by atoms with E-state index in [0.29, 0.717) is 30.0 Å². The number of likely N-dealkylation sites (N-methyl/N-ethyl adjacent to an activating group) is 1. The average molecular weight is 517 g/mol. The Bertz CT molecular complexity index is 1370. The number of carbonyl (C=O) groups is 2. The van der Waals surface area contributed by atoms with Gasteiger partial charge in [0.25, 0.3) is 11.7 Å². The third-order valence-electron chi connectivity index (χ3n) is 6.53. The second-order valence-electron chi connectivity index (χ2n) is 9.48. The van der Waals surface area contributed by atoms with Crippen molar-refractivity contribution >= 4 is 17.4 Å². The first-order valence-electron chi connectivity index (χ1n) is 12.3. The molecule has 3 aromatic rings. The van der Waals surface area contributed by atoms with Crippen molar-refractivity contribution in [1.82, 2.24) is 9.80 Å². The molecule has 0 spiro atoms. The molecule has 1 atom stereocenters. The molecule has 8 nitrogen and oxygen atoms in total. The number of phenolic OH excluding ortho intramolecular Hbond substituents is 1. The summed E-state index contributed by atoms with van der Waals surface area (Å²) in [5, 5.41) is 21.5. The standard InChI is InChI=1S/C30H32N2O6/c1-19-16-22(11-13-24(19)38-18-20-8-6-5-7-9-20)28(34)26-27(21-10-12-23(33)25(17-21)37-4)32(15-14-31(2)3)30(36)29(26)35/h5-13,16-17,27,33-34H,14-15,18H2,1-4H3/t27-/m1/s1. The van der Waals surface area contributed by atoms with Crippen LogP contribution in [0, 0.1) is 6.92 Å². The first-order valence-corrected chi connectivity index (χ1v) is 12.3. The molecule has 8 heteroatoms. The highest BCUT2D eigenvalue weighted by molar-refractivity contribution is 6.46. The lowest BCUT2D eigenvalue weighted by molar-refractivity contribution is -0.140. The maximum absolute atomic E-state index is 13.3. The van der Waals surface area contributed by atoms with E-state index in [1.165, 1.54) is 18.1 Å². The molecule has 0 aromatic heterocycles. The molecule has 38 heavy (non-hydrogen) atoms. The summed E-state index contributed by atoms with van der Waals surface area (Å²) in [6.45, 7) is 3.04. The number of aliphatic hydroxyl groups is 1. The molecule has 0 radical (unpaired) electrons. The average Bonchev–Trinajstić information content (AvgIpc) is 3.16. The van der Waals surface area contributed by atoms with Gasteiger partial charge in [0.1, 0.15) is 18.1 Å². The van der Waals surface area contributed by atoms with Gasteiger partial charge in [0.15, 0.2) is 11.5 Å². The van der Waals surface area contributed by atoms with Gasteiger partial charge in [-0.2, -0.15) is 0 Å². The monoisotopic (exact) mass is 516 g/mol. The molecule has 0 aliphatic carbocycles. The van der Waals surface area contributed by atoms with Gasteiger partial charge >= 0.3 is 0 Å². The molecule has 0 saturated carbocycles. The van der Waals surface area contributed by atoms with Gasteiger partial charge in [-0.3, -0.25) is 9.59 Å². The SMILES string of the molecule is COc1cc([C@@H]2C(=C(O)c3ccc(OCc4ccccc4)c(C)c3)C(=O)C(=O)N2CCN(C)C)ccc1O. The number of amides is 1. The molecule has 0 bridgehead atoms. The van der Waals surface area contributed by atoms with E-state index in [4.69, 9.17) is 9.47 Å². The number of aryl methyl sites for hydroxylation is 1. The quantitative estimate of drug-likeness (QED) is 0.249. The normalized spacial score (nSPS) is 16.8. The second kappa shape index (κ2) is 11.4. The maximum atomic E-state index is 13.3. The van der Waals surface area contributed by atoms with Gasteiger partial charge in [0.2, 0.25) is 0 Å². The first kappa shape index (κ1) is 26.8. The Morgan fingerprint density at radius 2 is 1.74 bits per heavy atom. The maximum Gasteiger partial charge on any atom is 0.295 e.